The molecule has 9 heteroatoms. The van der Waals surface area contributed by atoms with Crippen LogP contribution in [0, 0.1) is 0 Å². The second-order valence-electron chi connectivity index (χ2n) is 6.01. The number of hydrogen-bond donors (Lipinski definition) is 0. The molecule has 0 amide bonds. The molecular weight excluding hydrogens is 445 g/mol. The number of aromatic nitrogens is 1. The molecule has 0 aliphatic heterocycles. The van der Waals surface area contributed by atoms with Crippen LogP contribution in [-0.4, -0.2) is 38.8 Å². The van der Waals surface area contributed by atoms with E-state index in [1.807, 2.05) is 18.4 Å². The molecule has 0 saturated heterocycles. The monoisotopic (exact) mass is 465 g/mol. The first kappa shape index (κ1) is 22.2. The highest BCUT2D eigenvalue weighted by Gasteiger charge is 2.13. The van der Waals surface area contributed by atoms with Gasteiger partial charge in [-0.2, -0.15) is 5.10 Å². The average molecular weight is 466 g/mol. The maximum atomic E-state index is 6.43. The zero-order chi connectivity index (χ0) is 21.7. The van der Waals surface area contributed by atoms with Crippen LogP contribution >= 0.6 is 34.5 Å². The molecule has 0 unspecified atom stereocenters. The van der Waals surface area contributed by atoms with Crippen LogP contribution in [0.15, 0.2) is 45.8 Å². The fraction of sp³-hybridized carbons (Fsp3) is 0.238. The molecule has 0 N–H and O–H groups in total. The molecule has 6 nitrogen and oxygen atoms in total. The summed E-state index contributed by atoms with van der Waals surface area (Å²) in [7, 11) is 4.74. The summed E-state index contributed by atoms with van der Waals surface area (Å²) in [6, 6.07) is 8.88. The number of thiazole rings is 1. The van der Waals surface area contributed by atoms with Gasteiger partial charge < -0.3 is 14.2 Å². The van der Waals surface area contributed by atoms with E-state index in [0.29, 0.717) is 33.8 Å². The van der Waals surface area contributed by atoms with Gasteiger partial charge in [0.05, 0.1) is 38.3 Å². The van der Waals surface area contributed by atoms with E-state index in [4.69, 9.17) is 37.4 Å². The summed E-state index contributed by atoms with van der Waals surface area (Å²) in [6.07, 6.45) is 1.68. The van der Waals surface area contributed by atoms with Crippen molar-refractivity contribution in [1.82, 2.24) is 4.68 Å². The number of methoxy groups -OCH3 is 3. The van der Waals surface area contributed by atoms with Gasteiger partial charge in [-0.3, -0.25) is 4.99 Å². The van der Waals surface area contributed by atoms with Gasteiger partial charge in [0.25, 0.3) is 0 Å². The largest absolute Gasteiger partial charge is 0.496 e. The minimum atomic E-state index is 0.572. The van der Waals surface area contributed by atoms with Crippen molar-refractivity contribution in [2.24, 2.45) is 10.1 Å². The maximum absolute atomic E-state index is 6.43. The van der Waals surface area contributed by atoms with E-state index >= 15 is 0 Å². The van der Waals surface area contributed by atoms with Gasteiger partial charge in [0.1, 0.15) is 5.75 Å². The van der Waals surface area contributed by atoms with E-state index in [1.54, 1.807) is 56.5 Å². The molecule has 0 fully saturated rings. The average Bonchev–Trinajstić information content (AvgIpc) is 3.15. The Morgan fingerprint density at radius 1 is 1.00 bits per heavy atom. The van der Waals surface area contributed by atoms with Gasteiger partial charge >= 0.3 is 0 Å². The van der Waals surface area contributed by atoms with Gasteiger partial charge in [0, 0.05) is 34.1 Å². The Labute approximate surface area is 189 Å². The smallest absolute Gasteiger partial charge is 0.206 e. The summed E-state index contributed by atoms with van der Waals surface area (Å²) in [5.41, 5.74) is 2.28. The third kappa shape index (κ3) is 4.64. The fourth-order valence-corrected chi connectivity index (χ4v) is 4.09. The van der Waals surface area contributed by atoms with Crippen molar-refractivity contribution in [3.05, 3.63) is 56.1 Å². The normalized spacial score (nSPS) is 11.9. The second kappa shape index (κ2) is 10.0. The van der Waals surface area contributed by atoms with Gasteiger partial charge in [-0.15, -0.1) is 11.3 Å². The van der Waals surface area contributed by atoms with Gasteiger partial charge in [0.15, 0.2) is 11.5 Å². The number of nitrogens with zero attached hydrogens (tertiary/aromatic N) is 3. The van der Waals surface area contributed by atoms with Crippen LogP contribution in [0.3, 0.4) is 0 Å². The maximum Gasteiger partial charge on any atom is 0.206 e. The van der Waals surface area contributed by atoms with E-state index in [-0.39, 0.29) is 0 Å². The van der Waals surface area contributed by atoms with Crippen molar-refractivity contribution in [3.8, 4) is 28.5 Å². The SMILES string of the molecule is CCN=c1scc(-c2cc(Cl)ccc2Cl)n1N=Cc1cc(OC)c(OC)cc1OC. The van der Waals surface area contributed by atoms with Crippen LogP contribution in [0.25, 0.3) is 11.3 Å². The summed E-state index contributed by atoms with van der Waals surface area (Å²) in [5, 5.41) is 7.79. The Balaban J connectivity index is 2.15. The minimum absolute atomic E-state index is 0.572. The summed E-state index contributed by atoms with van der Waals surface area (Å²) in [6.45, 7) is 2.59. The molecule has 0 spiro atoms. The molecule has 1 heterocycles. The lowest BCUT2D eigenvalue weighted by Crippen LogP contribution is -2.12. The lowest BCUT2D eigenvalue weighted by Gasteiger charge is -2.12. The van der Waals surface area contributed by atoms with Gasteiger partial charge in [-0.05, 0) is 31.2 Å². The molecular formula is C21H21Cl2N3O3S. The van der Waals surface area contributed by atoms with Crippen molar-refractivity contribution in [2.45, 2.75) is 6.92 Å². The highest BCUT2D eigenvalue weighted by Crippen LogP contribution is 2.34. The van der Waals surface area contributed by atoms with Crippen LogP contribution in [0.1, 0.15) is 12.5 Å². The molecule has 0 saturated carbocycles. The minimum Gasteiger partial charge on any atom is -0.496 e. The van der Waals surface area contributed by atoms with E-state index in [1.165, 1.54) is 11.3 Å². The quantitative estimate of drug-likeness (QED) is 0.441. The van der Waals surface area contributed by atoms with Crippen molar-refractivity contribution < 1.29 is 14.2 Å². The molecule has 30 heavy (non-hydrogen) atoms. The summed E-state index contributed by atoms with van der Waals surface area (Å²) in [5.74, 6) is 1.75. The van der Waals surface area contributed by atoms with Crippen molar-refractivity contribution in [1.29, 1.82) is 0 Å². The first-order valence-electron chi connectivity index (χ1n) is 9.03. The Bertz CT molecular complexity index is 1140. The highest BCUT2D eigenvalue weighted by atomic mass is 35.5. The molecule has 1 aromatic heterocycles. The van der Waals surface area contributed by atoms with Crippen LogP contribution in [0.5, 0.6) is 17.2 Å². The lowest BCUT2D eigenvalue weighted by atomic mass is 10.2. The third-order valence-corrected chi connectivity index (χ3v) is 5.65. The van der Waals surface area contributed by atoms with Gasteiger partial charge in [-0.1, -0.05) is 23.2 Å². The number of hydrogen-bond acceptors (Lipinski definition) is 6. The zero-order valence-corrected chi connectivity index (χ0v) is 19.3. The Morgan fingerprint density at radius 3 is 2.37 bits per heavy atom. The Hall–Kier alpha value is -2.48. The van der Waals surface area contributed by atoms with Gasteiger partial charge in [-0.25, -0.2) is 4.68 Å². The molecule has 0 bridgehead atoms. The molecule has 0 atom stereocenters. The third-order valence-electron chi connectivity index (χ3n) is 4.23. The molecule has 158 valence electrons. The van der Waals surface area contributed by atoms with Crippen molar-refractivity contribution in [2.75, 3.05) is 27.9 Å². The molecule has 3 aromatic rings. The van der Waals surface area contributed by atoms with Crippen LogP contribution in [0.2, 0.25) is 10.0 Å². The Morgan fingerprint density at radius 2 is 1.70 bits per heavy atom. The molecule has 0 aliphatic carbocycles. The van der Waals surface area contributed by atoms with Gasteiger partial charge in [0.2, 0.25) is 4.80 Å². The zero-order valence-electron chi connectivity index (χ0n) is 17.0. The summed E-state index contributed by atoms with van der Waals surface area (Å²) in [4.78, 5) is 5.27. The van der Waals surface area contributed by atoms with Crippen molar-refractivity contribution >= 4 is 40.8 Å². The number of benzene rings is 2. The fourth-order valence-electron chi connectivity index (χ4n) is 2.81. The summed E-state index contributed by atoms with van der Waals surface area (Å²) < 4.78 is 18.0. The van der Waals surface area contributed by atoms with Crippen LogP contribution < -0.4 is 19.0 Å². The summed E-state index contributed by atoms with van der Waals surface area (Å²) >= 11 is 14.1. The van der Waals surface area contributed by atoms with E-state index in [2.05, 4.69) is 10.1 Å². The topological polar surface area (TPSA) is 57.3 Å². The van der Waals surface area contributed by atoms with E-state index in [0.717, 1.165) is 21.6 Å². The Kier molecular flexibility index (Phi) is 7.42. The predicted molar refractivity (Wildman–Crippen MR) is 123 cm³/mol. The number of ether oxygens (including phenoxy) is 3. The molecule has 0 aliphatic rings. The number of halogens is 2. The molecule has 0 radical (unpaired) electrons. The van der Waals surface area contributed by atoms with Crippen LogP contribution in [0.4, 0.5) is 0 Å². The highest BCUT2D eigenvalue weighted by molar-refractivity contribution is 7.07. The van der Waals surface area contributed by atoms with Crippen molar-refractivity contribution in [3.63, 3.8) is 0 Å². The molecule has 3 rings (SSSR count). The second-order valence-corrected chi connectivity index (χ2v) is 7.69. The van der Waals surface area contributed by atoms with E-state index < -0.39 is 0 Å². The lowest BCUT2D eigenvalue weighted by molar-refractivity contribution is 0.349. The predicted octanol–water partition coefficient (Wildman–Crippen LogP) is 5.35. The first-order chi connectivity index (χ1) is 14.5. The van der Waals surface area contributed by atoms with E-state index in [9.17, 15) is 0 Å². The standard InChI is InChI=1S/C21H21Cl2N3O3S/c1-5-24-21-26(17(12-30-21)15-9-14(22)6-7-16(15)23)25-11-13-8-19(28-3)20(29-4)10-18(13)27-2/h6-12H,5H2,1-4H3. The molecule has 2 aromatic carbocycles. The number of rotatable bonds is 7. The van der Waals surface area contributed by atoms with Crippen LogP contribution in [-0.2, 0) is 0 Å². The first-order valence-corrected chi connectivity index (χ1v) is 10.7.